The lowest BCUT2D eigenvalue weighted by molar-refractivity contribution is -0.144. The van der Waals surface area contributed by atoms with Gasteiger partial charge in [-0.3, -0.25) is 4.79 Å². The van der Waals surface area contributed by atoms with Gasteiger partial charge in [0.2, 0.25) is 0 Å². The lowest BCUT2D eigenvalue weighted by Crippen LogP contribution is -2.23. The molecule has 0 N–H and O–H groups in total. The first-order valence-corrected chi connectivity index (χ1v) is 6.62. The zero-order chi connectivity index (χ0) is 13.6. The molecule has 0 aromatic carbocycles. The van der Waals surface area contributed by atoms with E-state index in [1.54, 1.807) is 0 Å². The number of carbonyl (C=O) groups excluding carboxylic acids is 1. The quantitative estimate of drug-likeness (QED) is 0.778. The molecule has 100 valence electrons. The number of sulfone groups is 1. The summed E-state index contributed by atoms with van der Waals surface area (Å²) in [6.45, 7) is -1.53. The molecule has 1 aliphatic carbocycles. The SMILES string of the molecule is O=Cc1cnn(CC(F)(F)F)c1S(=O)(=O)C1CC1. The minimum Gasteiger partial charge on any atom is -0.298 e. The zero-order valence-corrected chi connectivity index (χ0v) is 9.83. The third-order valence-corrected chi connectivity index (χ3v) is 4.84. The Kier molecular flexibility index (Phi) is 2.96. The highest BCUT2D eigenvalue weighted by molar-refractivity contribution is 7.92. The second-order valence-corrected chi connectivity index (χ2v) is 6.18. The maximum Gasteiger partial charge on any atom is 0.408 e. The number of alkyl halides is 3. The number of aldehydes is 1. The largest absolute Gasteiger partial charge is 0.408 e. The number of hydrogen-bond acceptors (Lipinski definition) is 4. The van der Waals surface area contributed by atoms with E-state index in [1.807, 2.05) is 0 Å². The maximum absolute atomic E-state index is 12.3. The molecule has 18 heavy (non-hydrogen) atoms. The Morgan fingerprint density at radius 2 is 2.06 bits per heavy atom. The number of aromatic nitrogens is 2. The van der Waals surface area contributed by atoms with Crippen LogP contribution in [0.5, 0.6) is 0 Å². The van der Waals surface area contributed by atoms with Gasteiger partial charge in [-0.25, -0.2) is 13.1 Å². The lowest BCUT2D eigenvalue weighted by Gasteiger charge is -2.10. The van der Waals surface area contributed by atoms with Crippen molar-refractivity contribution in [2.24, 2.45) is 0 Å². The van der Waals surface area contributed by atoms with E-state index in [-0.39, 0.29) is 11.8 Å². The summed E-state index contributed by atoms with van der Waals surface area (Å²) in [7, 11) is -3.90. The summed E-state index contributed by atoms with van der Waals surface area (Å²) in [6, 6.07) is 0. The van der Waals surface area contributed by atoms with Crippen LogP contribution in [0.4, 0.5) is 13.2 Å². The first-order valence-electron chi connectivity index (χ1n) is 5.07. The van der Waals surface area contributed by atoms with E-state index in [1.165, 1.54) is 0 Å². The number of halogens is 3. The smallest absolute Gasteiger partial charge is 0.298 e. The molecule has 5 nitrogen and oxygen atoms in total. The summed E-state index contributed by atoms with van der Waals surface area (Å²) in [4.78, 5) is 10.7. The van der Waals surface area contributed by atoms with Gasteiger partial charge in [-0.05, 0) is 12.8 Å². The Hall–Kier alpha value is -1.38. The van der Waals surface area contributed by atoms with Crippen molar-refractivity contribution >= 4 is 16.1 Å². The van der Waals surface area contributed by atoms with Gasteiger partial charge in [0.15, 0.2) is 21.1 Å². The number of carbonyl (C=O) groups is 1. The fourth-order valence-corrected chi connectivity index (χ4v) is 3.51. The lowest BCUT2D eigenvalue weighted by atomic mass is 10.4. The first kappa shape index (κ1) is 13.1. The molecule has 2 rings (SSSR count). The van der Waals surface area contributed by atoms with E-state index >= 15 is 0 Å². The van der Waals surface area contributed by atoms with E-state index < -0.39 is 32.8 Å². The molecule has 0 radical (unpaired) electrons. The molecule has 0 bridgehead atoms. The highest BCUT2D eigenvalue weighted by Crippen LogP contribution is 2.35. The highest BCUT2D eigenvalue weighted by atomic mass is 32.2. The Morgan fingerprint density at radius 1 is 1.44 bits per heavy atom. The van der Waals surface area contributed by atoms with Crippen molar-refractivity contribution in [3.63, 3.8) is 0 Å². The van der Waals surface area contributed by atoms with E-state index in [9.17, 15) is 26.4 Å². The second-order valence-electron chi connectivity index (χ2n) is 4.04. The number of hydrogen-bond donors (Lipinski definition) is 0. The topological polar surface area (TPSA) is 69.0 Å². The fraction of sp³-hybridized carbons (Fsp3) is 0.556. The van der Waals surface area contributed by atoms with Gasteiger partial charge in [-0.15, -0.1) is 0 Å². The second kappa shape index (κ2) is 4.08. The summed E-state index contributed by atoms with van der Waals surface area (Å²) in [5.41, 5.74) is -0.328. The molecule has 1 aromatic heterocycles. The molecule has 9 heteroatoms. The zero-order valence-electron chi connectivity index (χ0n) is 9.01. The van der Waals surface area contributed by atoms with Gasteiger partial charge in [0.05, 0.1) is 17.0 Å². The maximum atomic E-state index is 12.3. The summed E-state index contributed by atoms with van der Waals surface area (Å²) in [5, 5.41) is 2.01. The average molecular weight is 282 g/mol. The van der Waals surface area contributed by atoms with Crippen molar-refractivity contribution in [1.82, 2.24) is 9.78 Å². The third-order valence-electron chi connectivity index (χ3n) is 2.51. The third kappa shape index (κ3) is 2.40. The molecule has 0 amide bonds. The van der Waals surface area contributed by atoms with Gasteiger partial charge in [0, 0.05) is 0 Å². The number of nitrogens with zero attached hydrogens (tertiary/aromatic N) is 2. The van der Waals surface area contributed by atoms with Gasteiger partial charge in [0.25, 0.3) is 0 Å². The Balaban J connectivity index is 2.49. The van der Waals surface area contributed by atoms with Crippen LogP contribution in [0.25, 0.3) is 0 Å². The van der Waals surface area contributed by atoms with Crippen LogP contribution in [0, 0.1) is 0 Å². The highest BCUT2D eigenvalue weighted by Gasteiger charge is 2.42. The summed E-state index contributed by atoms with van der Waals surface area (Å²) in [6.07, 6.45) is -2.75. The molecule has 0 aliphatic heterocycles. The molecule has 1 heterocycles. The van der Waals surface area contributed by atoms with Crippen molar-refractivity contribution in [3.8, 4) is 0 Å². The monoisotopic (exact) mass is 282 g/mol. The Bertz CT molecular complexity index is 572. The van der Waals surface area contributed by atoms with Crippen molar-refractivity contribution in [1.29, 1.82) is 0 Å². The molecule has 1 fully saturated rings. The van der Waals surface area contributed by atoms with Gasteiger partial charge in [-0.1, -0.05) is 0 Å². The summed E-state index contributed by atoms with van der Waals surface area (Å²) in [5.74, 6) is 0. The van der Waals surface area contributed by atoms with Crippen molar-refractivity contribution < 1.29 is 26.4 Å². The summed E-state index contributed by atoms with van der Waals surface area (Å²) < 4.78 is 61.1. The van der Waals surface area contributed by atoms with E-state index in [0.29, 0.717) is 17.5 Å². The number of rotatable bonds is 4. The van der Waals surface area contributed by atoms with Crippen LogP contribution in [-0.4, -0.2) is 35.9 Å². The van der Waals surface area contributed by atoms with Gasteiger partial charge >= 0.3 is 6.18 Å². The standard InChI is InChI=1S/C9H9F3N2O3S/c10-9(11,12)5-14-8(6(4-15)3-13-14)18(16,17)7-1-2-7/h3-4,7H,1-2,5H2. The fourth-order valence-electron chi connectivity index (χ4n) is 1.60. The molecule has 0 atom stereocenters. The Labute approximate surface area is 101 Å². The van der Waals surface area contributed by atoms with Crippen LogP contribution in [-0.2, 0) is 16.4 Å². The van der Waals surface area contributed by atoms with Crippen LogP contribution in [0.3, 0.4) is 0 Å². The molecule has 0 spiro atoms. The van der Waals surface area contributed by atoms with Gasteiger partial charge < -0.3 is 0 Å². The molecule has 1 aliphatic rings. The molecular formula is C9H9F3N2O3S. The van der Waals surface area contributed by atoms with E-state index in [0.717, 1.165) is 6.20 Å². The van der Waals surface area contributed by atoms with Gasteiger partial charge in [0.1, 0.15) is 6.54 Å². The molecular weight excluding hydrogens is 273 g/mol. The first-order chi connectivity index (χ1) is 8.25. The molecule has 0 saturated heterocycles. The predicted octanol–water partition coefficient (Wildman–Crippen LogP) is 1.19. The summed E-state index contributed by atoms with van der Waals surface area (Å²) >= 11 is 0. The van der Waals surface area contributed by atoms with Gasteiger partial charge in [-0.2, -0.15) is 18.3 Å². The molecule has 1 aromatic rings. The normalized spacial score (nSPS) is 16.8. The van der Waals surface area contributed by atoms with Crippen LogP contribution < -0.4 is 0 Å². The van der Waals surface area contributed by atoms with Crippen LogP contribution in [0.15, 0.2) is 11.2 Å². The van der Waals surface area contributed by atoms with E-state index in [4.69, 9.17) is 0 Å². The van der Waals surface area contributed by atoms with Crippen LogP contribution in [0.1, 0.15) is 23.2 Å². The minimum atomic E-state index is -4.60. The van der Waals surface area contributed by atoms with Crippen LogP contribution >= 0.6 is 0 Å². The predicted molar refractivity (Wildman–Crippen MR) is 53.9 cm³/mol. The average Bonchev–Trinajstić information content (AvgIpc) is 2.99. The van der Waals surface area contributed by atoms with E-state index in [2.05, 4.69) is 5.10 Å². The Morgan fingerprint density at radius 3 is 2.50 bits per heavy atom. The van der Waals surface area contributed by atoms with Crippen molar-refractivity contribution in [2.75, 3.05) is 0 Å². The van der Waals surface area contributed by atoms with Crippen molar-refractivity contribution in [2.45, 2.75) is 35.8 Å². The van der Waals surface area contributed by atoms with Crippen LogP contribution in [0.2, 0.25) is 0 Å². The van der Waals surface area contributed by atoms with Crippen molar-refractivity contribution in [3.05, 3.63) is 11.8 Å². The minimum absolute atomic E-state index is 0.204. The molecule has 0 unspecified atom stereocenters. The molecule has 1 saturated carbocycles.